The maximum atomic E-state index is 13.0. The van der Waals surface area contributed by atoms with Gasteiger partial charge in [0, 0.05) is 12.1 Å². The Morgan fingerprint density at radius 3 is 2.82 bits per heavy atom. The molecule has 3 N–H and O–H groups in total. The summed E-state index contributed by atoms with van der Waals surface area (Å²) in [7, 11) is 0. The molecule has 0 aliphatic carbocycles. The van der Waals surface area contributed by atoms with Crippen LogP contribution in [0.5, 0.6) is 0 Å². The number of benzene rings is 1. The summed E-state index contributed by atoms with van der Waals surface area (Å²) in [5, 5.41) is 2.70. The van der Waals surface area contributed by atoms with Gasteiger partial charge in [-0.1, -0.05) is 12.2 Å². The first-order valence-corrected chi connectivity index (χ1v) is 6.22. The van der Waals surface area contributed by atoms with Crippen molar-refractivity contribution in [1.29, 1.82) is 0 Å². The Labute approximate surface area is 113 Å². The van der Waals surface area contributed by atoms with Gasteiger partial charge in [0.25, 0.3) is 5.91 Å². The first-order valence-electron chi connectivity index (χ1n) is 5.02. The van der Waals surface area contributed by atoms with E-state index in [0.29, 0.717) is 29.9 Å². The highest BCUT2D eigenvalue weighted by Crippen LogP contribution is 2.16. The number of carbonyl (C=O) groups is 1. The molecule has 1 rings (SSSR count). The third-order valence-electron chi connectivity index (χ3n) is 2.07. The number of carbonyl (C=O) groups excluding carboxylic acids is 1. The van der Waals surface area contributed by atoms with Crippen molar-refractivity contribution < 1.29 is 9.18 Å². The minimum absolute atomic E-state index is 0.242. The Hall–Kier alpha value is -1.01. The summed E-state index contributed by atoms with van der Waals surface area (Å²) in [6.07, 6.45) is 1.30. The van der Waals surface area contributed by atoms with E-state index in [-0.39, 0.29) is 10.4 Å². The van der Waals surface area contributed by atoms with Crippen molar-refractivity contribution in [2.24, 2.45) is 5.73 Å². The number of amides is 1. The van der Waals surface area contributed by atoms with Crippen molar-refractivity contribution in [3.05, 3.63) is 34.1 Å². The predicted molar refractivity (Wildman–Crippen MR) is 72.5 cm³/mol. The van der Waals surface area contributed by atoms with E-state index in [9.17, 15) is 9.18 Å². The Bertz CT molecular complexity index is 439. The number of hydrogen-bond acceptors (Lipinski definition) is 2. The van der Waals surface area contributed by atoms with Crippen LogP contribution < -0.4 is 11.1 Å². The fourth-order valence-electron chi connectivity index (χ4n) is 1.20. The molecule has 3 nitrogen and oxygen atoms in total. The van der Waals surface area contributed by atoms with Crippen LogP contribution in [-0.2, 0) is 0 Å². The van der Waals surface area contributed by atoms with Gasteiger partial charge in [-0.25, -0.2) is 4.39 Å². The minimum atomic E-state index is -0.393. The van der Waals surface area contributed by atoms with Crippen molar-refractivity contribution in [2.45, 2.75) is 12.8 Å². The molecule has 0 saturated heterocycles. The maximum absolute atomic E-state index is 13.0. The Balaban J connectivity index is 2.47. The lowest BCUT2D eigenvalue weighted by atomic mass is 10.2. The van der Waals surface area contributed by atoms with Gasteiger partial charge in [-0.2, -0.15) is 0 Å². The lowest BCUT2D eigenvalue weighted by Gasteiger charge is -2.05. The molecule has 0 heterocycles. The van der Waals surface area contributed by atoms with Crippen molar-refractivity contribution in [2.75, 3.05) is 6.54 Å². The lowest BCUT2D eigenvalue weighted by molar-refractivity contribution is 0.0953. The summed E-state index contributed by atoms with van der Waals surface area (Å²) < 4.78 is 13.2. The van der Waals surface area contributed by atoms with E-state index >= 15 is 0 Å². The first-order chi connectivity index (χ1) is 8.00. The van der Waals surface area contributed by atoms with Gasteiger partial charge in [-0.15, -0.1) is 0 Å². The zero-order chi connectivity index (χ0) is 12.8. The monoisotopic (exact) mass is 318 g/mol. The number of nitrogens with one attached hydrogen (secondary N) is 1. The number of hydrogen-bond donors (Lipinski definition) is 2. The molecule has 92 valence electrons. The van der Waals surface area contributed by atoms with Crippen molar-refractivity contribution in [3.8, 4) is 0 Å². The van der Waals surface area contributed by atoms with Gasteiger partial charge in [-0.05, 0) is 47.0 Å². The molecule has 0 spiro atoms. The topological polar surface area (TPSA) is 55.1 Å². The molecular weight excluding hydrogens is 307 g/mol. The van der Waals surface area contributed by atoms with Crippen LogP contribution in [0, 0.1) is 5.82 Å². The van der Waals surface area contributed by atoms with E-state index in [2.05, 4.69) is 21.2 Å². The molecule has 0 bridgehead atoms. The highest BCUT2D eigenvalue weighted by atomic mass is 79.9. The molecule has 0 unspecified atom stereocenters. The Morgan fingerprint density at radius 1 is 1.53 bits per heavy atom. The second-order valence-corrected chi connectivity index (χ2v) is 4.83. The highest BCUT2D eigenvalue weighted by molar-refractivity contribution is 9.10. The summed E-state index contributed by atoms with van der Waals surface area (Å²) in [5.74, 6) is -0.635. The van der Waals surface area contributed by atoms with Gasteiger partial charge in [0.1, 0.15) is 5.82 Å². The molecule has 1 aromatic carbocycles. The number of rotatable bonds is 5. The van der Waals surface area contributed by atoms with E-state index in [4.69, 9.17) is 18.0 Å². The van der Waals surface area contributed by atoms with Crippen LogP contribution in [0.3, 0.4) is 0 Å². The second kappa shape index (κ2) is 6.66. The summed E-state index contributed by atoms with van der Waals surface area (Å²) in [5.41, 5.74) is 5.74. The molecule has 0 fully saturated rings. The van der Waals surface area contributed by atoms with Crippen molar-refractivity contribution in [1.82, 2.24) is 5.32 Å². The fourth-order valence-corrected chi connectivity index (χ4v) is 1.73. The molecule has 1 aromatic rings. The van der Waals surface area contributed by atoms with Crippen LogP contribution in [-0.4, -0.2) is 17.4 Å². The van der Waals surface area contributed by atoms with Crippen LogP contribution in [0.1, 0.15) is 23.2 Å². The van der Waals surface area contributed by atoms with Gasteiger partial charge in [0.05, 0.1) is 9.46 Å². The predicted octanol–water partition coefficient (Wildman–Crippen LogP) is 2.38. The SMILES string of the molecule is NC(=S)CCCNC(=O)c1ccc(F)c(Br)c1. The molecule has 0 atom stereocenters. The molecule has 17 heavy (non-hydrogen) atoms. The number of thiocarbonyl (C=S) groups is 1. The van der Waals surface area contributed by atoms with E-state index in [0.717, 1.165) is 0 Å². The van der Waals surface area contributed by atoms with E-state index < -0.39 is 5.82 Å². The van der Waals surface area contributed by atoms with Gasteiger partial charge >= 0.3 is 0 Å². The normalized spacial score (nSPS) is 10.0. The Kier molecular flexibility index (Phi) is 5.50. The van der Waals surface area contributed by atoms with Crippen molar-refractivity contribution in [3.63, 3.8) is 0 Å². The minimum Gasteiger partial charge on any atom is -0.393 e. The van der Waals surface area contributed by atoms with Gasteiger partial charge in [-0.3, -0.25) is 4.79 Å². The van der Waals surface area contributed by atoms with E-state index in [1.807, 2.05) is 0 Å². The molecule has 0 radical (unpaired) electrons. The molecule has 0 aromatic heterocycles. The molecule has 6 heteroatoms. The van der Waals surface area contributed by atoms with E-state index in [1.54, 1.807) is 0 Å². The third kappa shape index (κ3) is 4.79. The lowest BCUT2D eigenvalue weighted by Crippen LogP contribution is -2.25. The van der Waals surface area contributed by atoms with Gasteiger partial charge < -0.3 is 11.1 Å². The number of nitrogens with two attached hydrogens (primary N) is 1. The third-order valence-corrected chi connectivity index (χ3v) is 2.88. The molecular formula is C11H12BrFN2OS. The van der Waals surface area contributed by atoms with Crippen LogP contribution in [0.4, 0.5) is 4.39 Å². The summed E-state index contributed by atoms with van der Waals surface area (Å²) >= 11 is 7.74. The largest absolute Gasteiger partial charge is 0.393 e. The maximum Gasteiger partial charge on any atom is 0.251 e. The molecule has 1 amide bonds. The molecule has 0 aliphatic heterocycles. The van der Waals surface area contributed by atoms with Gasteiger partial charge in [0.15, 0.2) is 0 Å². The van der Waals surface area contributed by atoms with Crippen molar-refractivity contribution >= 4 is 39.0 Å². The summed E-state index contributed by atoms with van der Waals surface area (Å²) in [6, 6.07) is 4.12. The van der Waals surface area contributed by atoms with Crippen LogP contribution in [0.2, 0.25) is 0 Å². The van der Waals surface area contributed by atoms with Crippen LogP contribution in [0.25, 0.3) is 0 Å². The Morgan fingerprint density at radius 2 is 2.24 bits per heavy atom. The standard InChI is InChI=1S/C11H12BrFN2OS/c12-8-6-7(3-4-9(8)13)11(16)15-5-1-2-10(14)17/h3-4,6H,1-2,5H2,(H2,14,17)(H,15,16). The average Bonchev–Trinajstić information content (AvgIpc) is 2.27. The van der Waals surface area contributed by atoms with Gasteiger partial charge in [0.2, 0.25) is 0 Å². The fraction of sp³-hybridized carbons (Fsp3) is 0.273. The molecule has 0 aliphatic rings. The van der Waals surface area contributed by atoms with Crippen LogP contribution >= 0.6 is 28.1 Å². The highest BCUT2D eigenvalue weighted by Gasteiger charge is 2.07. The summed E-state index contributed by atoms with van der Waals surface area (Å²) in [4.78, 5) is 12.1. The number of halogens is 2. The summed E-state index contributed by atoms with van der Waals surface area (Å²) in [6.45, 7) is 0.491. The smallest absolute Gasteiger partial charge is 0.251 e. The average molecular weight is 319 g/mol. The quantitative estimate of drug-likeness (QED) is 0.647. The molecule has 0 saturated carbocycles. The van der Waals surface area contributed by atoms with E-state index in [1.165, 1.54) is 18.2 Å². The second-order valence-electron chi connectivity index (χ2n) is 3.45. The van der Waals surface area contributed by atoms with Crippen LogP contribution in [0.15, 0.2) is 22.7 Å². The zero-order valence-electron chi connectivity index (χ0n) is 9.00. The zero-order valence-corrected chi connectivity index (χ0v) is 11.4. The first kappa shape index (κ1) is 14.1.